The van der Waals surface area contributed by atoms with E-state index in [1.807, 2.05) is 0 Å². The lowest BCUT2D eigenvalue weighted by atomic mass is 10.3. The Morgan fingerprint density at radius 1 is 1.27 bits per heavy atom. The summed E-state index contributed by atoms with van der Waals surface area (Å²) in [7, 11) is -4.91. The zero-order chi connectivity index (χ0) is 16.3. The van der Waals surface area contributed by atoms with E-state index >= 15 is 0 Å². The number of alkyl halides is 2. The van der Waals surface area contributed by atoms with Crippen molar-refractivity contribution in [2.75, 3.05) is 5.32 Å². The van der Waals surface area contributed by atoms with Crippen LogP contribution in [0.5, 0.6) is 5.75 Å². The molecule has 10 heteroatoms. The van der Waals surface area contributed by atoms with Crippen LogP contribution in [0.2, 0.25) is 0 Å². The minimum atomic E-state index is -4.91. The van der Waals surface area contributed by atoms with Gasteiger partial charge in [0.15, 0.2) is 0 Å². The summed E-state index contributed by atoms with van der Waals surface area (Å²) >= 11 is 0.866. The van der Waals surface area contributed by atoms with Gasteiger partial charge in [0.05, 0.1) is 0 Å². The number of amides is 1. The van der Waals surface area contributed by atoms with E-state index in [-0.39, 0.29) is 16.3 Å². The maximum Gasteiger partial charge on any atom is 0.387 e. The first-order valence-corrected chi connectivity index (χ1v) is 7.92. The highest BCUT2D eigenvalue weighted by atomic mass is 32.3. The molecule has 0 atom stereocenters. The molecular weight excluding hydrogens is 343 g/mol. The lowest BCUT2D eigenvalue weighted by molar-refractivity contribution is -0.0498. The predicted octanol–water partition coefficient (Wildman–Crippen LogP) is 3.26. The third-order valence-electron chi connectivity index (χ3n) is 2.42. The lowest BCUT2D eigenvalue weighted by Crippen LogP contribution is -2.13. The molecule has 1 aromatic carbocycles. The Morgan fingerprint density at radius 3 is 2.64 bits per heavy atom. The van der Waals surface area contributed by atoms with Gasteiger partial charge >= 0.3 is 16.8 Å². The van der Waals surface area contributed by atoms with E-state index in [1.54, 1.807) is 0 Å². The molecule has 1 heterocycles. The fraction of sp³-hybridized carbons (Fsp3) is 0.0833. The Kier molecular flexibility index (Phi) is 4.71. The number of nitrogens with one attached hydrogen (secondary N) is 1. The van der Waals surface area contributed by atoms with Gasteiger partial charge in [0.1, 0.15) is 15.5 Å². The van der Waals surface area contributed by atoms with E-state index in [0.29, 0.717) is 0 Å². The molecule has 1 N–H and O–H groups in total. The number of halogens is 3. The van der Waals surface area contributed by atoms with Crippen molar-refractivity contribution in [1.82, 2.24) is 0 Å². The quantitative estimate of drug-likeness (QED) is 0.839. The molecule has 22 heavy (non-hydrogen) atoms. The van der Waals surface area contributed by atoms with Crippen LogP contribution in [0.3, 0.4) is 0 Å². The minimum absolute atomic E-state index is 0.000113. The number of benzene rings is 1. The number of hydrogen-bond acceptors (Lipinski definition) is 5. The molecule has 2 aromatic rings. The van der Waals surface area contributed by atoms with Gasteiger partial charge in [-0.2, -0.15) is 17.2 Å². The first-order chi connectivity index (χ1) is 10.3. The molecule has 0 aliphatic carbocycles. The van der Waals surface area contributed by atoms with Crippen molar-refractivity contribution in [3.05, 3.63) is 40.6 Å². The normalized spacial score (nSPS) is 11.5. The number of carbonyl (C=O) groups is 1. The molecule has 0 bridgehead atoms. The van der Waals surface area contributed by atoms with Crippen LogP contribution in [0.4, 0.5) is 18.4 Å². The summed E-state index contributed by atoms with van der Waals surface area (Å²) in [6, 6.07) is 5.69. The number of thiophene rings is 1. The van der Waals surface area contributed by atoms with Crippen LogP contribution >= 0.6 is 11.3 Å². The highest BCUT2D eigenvalue weighted by Crippen LogP contribution is 2.27. The number of anilines is 1. The van der Waals surface area contributed by atoms with E-state index in [0.717, 1.165) is 23.5 Å². The summed E-state index contributed by atoms with van der Waals surface area (Å²) in [6.45, 7) is -3.08. The van der Waals surface area contributed by atoms with Gasteiger partial charge in [0, 0.05) is 5.69 Å². The molecule has 0 aliphatic heterocycles. The van der Waals surface area contributed by atoms with Gasteiger partial charge in [-0.1, -0.05) is 6.07 Å². The Morgan fingerprint density at radius 2 is 2.00 bits per heavy atom. The van der Waals surface area contributed by atoms with Crippen LogP contribution in [0.1, 0.15) is 9.67 Å². The smallest absolute Gasteiger partial charge is 0.387 e. The molecule has 1 amide bonds. The van der Waals surface area contributed by atoms with Crippen molar-refractivity contribution >= 4 is 33.2 Å². The molecule has 118 valence electrons. The lowest BCUT2D eigenvalue weighted by Gasteiger charge is -2.07. The van der Waals surface area contributed by atoms with Crippen molar-refractivity contribution in [3.63, 3.8) is 0 Å². The largest absolute Gasteiger partial charge is 0.433 e. The zero-order valence-electron chi connectivity index (χ0n) is 10.6. The highest BCUT2D eigenvalue weighted by Gasteiger charge is 2.18. The van der Waals surface area contributed by atoms with Gasteiger partial charge in [-0.15, -0.1) is 15.2 Å². The Bertz CT molecular complexity index is 789. The first kappa shape index (κ1) is 16.3. The molecule has 0 radical (unpaired) electrons. The van der Waals surface area contributed by atoms with E-state index in [2.05, 4.69) is 10.1 Å². The van der Waals surface area contributed by atoms with E-state index in [9.17, 15) is 25.9 Å². The molecule has 1 aromatic heterocycles. The van der Waals surface area contributed by atoms with Gasteiger partial charge in [-0.05, 0) is 29.6 Å². The third-order valence-corrected chi connectivity index (χ3v) is 4.14. The molecule has 0 aliphatic rings. The Balaban J connectivity index is 2.21. The molecule has 2 rings (SSSR count). The van der Waals surface area contributed by atoms with Gasteiger partial charge in [0.25, 0.3) is 5.91 Å². The van der Waals surface area contributed by atoms with E-state index in [4.69, 9.17) is 0 Å². The Labute approximate surface area is 127 Å². The standard InChI is InChI=1S/C12H8F3NO4S2/c13-12(14)20-9-4-5-21-10(9)11(17)16-7-2-1-3-8(6-7)22(15,18)19/h1-6,12H,(H,16,17). The molecular formula is C12H8F3NO4S2. The van der Waals surface area contributed by atoms with Crippen LogP contribution in [-0.2, 0) is 10.2 Å². The Hall–Kier alpha value is -2.07. The second-order valence-electron chi connectivity index (χ2n) is 3.91. The number of hydrogen-bond donors (Lipinski definition) is 1. The monoisotopic (exact) mass is 351 g/mol. The molecule has 0 saturated carbocycles. The predicted molar refractivity (Wildman–Crippen MR) is 73.6 cm³/mol. The molecule has 0 saturated heterocycles. The third kappa shape index (κ3) is 3.98. The van der Waals surface area contributed by atoms with Crippen LogP contribution in [0, 0.1) is 0 Å². The average Bonchev–Trinajstić information content (AvgIpc) is 2.85. The average molecular weight is 351 g/mol. The van der Waals surface area contributed by atoms with Crippen molar-refractivity contribution in [2.24, 2.45) is 0 Å². The number of carbonyl (C=O) groups excluding carboxylic acids is 1. The van der Waals surface area contributed by atoms with Crippen LogP contribution in [0.15, 0.2) is 40.6 Å². The van der Waals surface area contributed by atoms with Gasteiger partial charge in [-0.3, -0.25) is 4.79 Å². The van der Waals surface area contributed by atoms with Crippen molar-refractivity contribution in [3.8, 4) is 5.75 Å². The highest BCUT2D eigenvalue weighted by molar-refractivity contribution is 7.86. The summed E-state index contributed by atoms with van der Waals surface area (Å²) in [4.78, 5) is 11.2. The number of ether oxygens (including phenoxy) is 1. The second-order valence-corrected chi connectivity index (χ2v) is 6.18. The van der Waals surface area contributed by atoms with Gasteiger partial charge in [0.2, 0.25) is 0 Å². The topological polar surface area (TPSA) is 72.5 Å². The maximum absolute atomic E-state index is 12.9. The van der Waals surface area contributed by atoms with Crippen LogP contribution in [0.25, 0.3) is 0 Å². The summed E-state index contributed by atoms with van der Waals surface area (Å²) in [5.74, 6) is -1.08. The van der Waals surface area contributed by atoms with Gasteiger partial charge in [-0.25, -0.2) is 0 Å². The number of rotatable bonds is 5. The van der Waals surface area contributed by atoms with Crippen LogP contribution < -0.4 is 10.1 Å². The molecule has 0 unspecified atom stereocenters. The van der Waals surface area contributed by atoms with Crippen molar-refractivity contribution < 1.29 is 30.6 Å². The fourth-order valence-corrected chi connectivity index (χ4v) is 2.79. The molecule has 0 fully saturated rings. The summed E-state index contributed by atoms with van der Waals surface area (Å²) in [6.07, 6.45) is 0. The molecule has 0 spiro atoms. The van der Waals surface area contributed by atoms with Crippen LogP contribution in [-0.4, -0.2) is 20.9 Å². The van der Waals surface area contributed by atoms with E-state index < -0.39 is 27.6 Å². The summed E-state index contributed by atoms with van der Waals surface area (Å²) in [5.41, 5.74) is 0.000113. The summed E-state index contributed by atoms with van der Waals surface area (Å²) < 4.78 is 63.0. The summed E-state index contributed by atoms with van der Waals surface area (Å²) in [5, 5.41) is 3.67. The fourth-order valence-electron chi connectivity index (χ4n) is 1.57. The van der Waals surface area contributed by atoms with Crippen molar-refractivity contribution in [1.29, 1.82) is 0 Å². The second kappa shape index (κ2) is 6.36. The SMILES string of the molecule is O=C(Nc1cccc(S(=O)(=O)F)c1)c1sccc1OC(F)F. The zero-order valence-corrected chi connectivity index (χ0v) is 12.3. The first-order valence-electron chi connectivity index (χ1n) is 5.66. The van der Waals surface area contributed by atoms with Crippen molar-refractivity contribution in [2.45, 2.75) is 11.5 Å². The van der Waals surface area contributed by atoms with E-state index in [1.165, 1.54) is 23.6 Å². The minimum Gasteiger partial charge on any atom is -0.433 e. The van der Waals surface area contributed by atoms with Gasteiger partial charge < -0.3 is 10.1 Å². The molecule has 5 nitrogen and oxygen atoms in total. The maximum atomic E-state index is 12.9.